The second-order valence-electron chi connectivity index (χ2n) is 6.35. The first-order valence-corrected chi connectivity index (χ1v) is 11.1. The smallest absolute Gasteiger partial charge is 0.264 e. The molecule has 1 heterocycles. The Morgan fingerprint density at radius 3 is 2.70 bits per heavy atom. The largest absolute Gasteiger partial charge is 0.484 e. The van der Waals surface area contributed by atoms with Gasteiger partial charge in [0.25, 0.3) is 5.91 Å². The topological polar surface area (TPSA) is 80.3 Å². The van der Waals surface area contributed by atoms with Gasteiger partial charge in [0.05, 0.1) is 11.4 Å². The zero-order valence-electron chi connectivity index (χ0n) is 16.2. The highest BCUT2D eigenvalue weighted by Crippen LogP contribution is 2.20. The lowest BCUT2D eigenvalue weighted by atomic mass is 10.2. The fourth-order valence-electron chi connectivity index (χ4n) is 2.42. The molecule has 2 amide bonds. The molecule has 2 aromatic carbocycles. The van der Waals surface area contributed by atoms with E-state index in [2.05, 4.69) is 15.6 Å². The molecule has 0 bridgehead atoms. The van der Waals surface area contributed by atoms with Crippen molar-refractivity contribution in [3.63, 3.8) is 0 Å². The van der Waals surface area contributed by atoms with Gasteiger partial charge < -0.3 is 10.1 Å². The van der Waals surface area contributed by atoms with Crippen molar-refractivity contribution in [2.75, 3.05) is 23.0 Å². The van der Waals surface area contributed by atoms with Crippen LogP contribution >= 0.6 is 23.1 Å². The number of hydrogen-bond acceptors (Lipinski definition) is 6. The van der Waals surface area contributed by atoms with Gasteiger partial charge in [-0.05, 0) is 48.9 Å². The fourth-order valence-corrected chi connectivity index (χ4v) is 3.97. The van der Waals surface area contributed by atoms with E-state index in [1.807, 2.05) is 30.5 Å². The van der Waals surface area contributed by atoms with Crippen LogP contribution in [0.4, 0.5) is 15.2 Å². The summed E-state index contributed by atoms with van der Waals surface area (Å²) in [5.74, 6) is 0.590. The summed E-state index contributed by atoms with van der Waals surface area (Å²) in [6.45, 7) is 1.85. The molecule has 0 radical (unpaired) electrons. The van der Waals surface area contributed by atoms with Crippen LogP contribution in [0.2, 0.25) is 0 Å². The molecule has 0 unspecified atom stereocenters. The molecule has 6 nitrogen and oxygen atoms in total. The van der Waals surface area contributed by atoms with Crippen LogP contribution in [0.1, 0.15) is 11.3 Å². The van der Waals surface area contributed by atoms with Crippen LogP contribution in [0.3, 0.4) is 0 Å². The lowest BCUT2D eigenvalue weighted by Gasteiger charge is -2.06. The first-order chi connectivity index (χ1) is 14.5. The van der Waals surface area contributed by atoms with Crippen molar-refractivity contribution in [3.05, 3.63) is 71.0 Å². The third-order valence-corrected chi connectivity index (χ3v) is 5.54. The van der Waals surface area contributed by atoms with Crippen molar-refractivity contribution in [1.82, 2.24) is 4.98 Å². The number of carbonyl (C=O) groups excluding carboxylic acids is 2. The number of amides is 2. The molecule has 30 heavy (non-hydrogen) atoms. The molecule has 0 atom stereocenters. The third kappa shape index (κ3) is 7.16. The minimum Gasteiger partial charge on any atom is -0.484 e. The molecule has 1 aromatic heterocycles. The lowest BCUT2D eigenvalue weighted by molar-refractivity contribution is -0.118. The Balaban J connectivity index is 1.37. The summed E-state index contributed by atoms with van der Waals surface area (Å²) in [4.78, 5) is 28.3. The van der Waals surface area contributed by atoms with Gasteiger partial charge in [-0.1, -0.05) is 12.1 Å². The SMILES string of the molecule is Cc1cccc(OCC(=O)Nc2nc(CSCC(=O)Nc3ccc(F)cc3)cs2)c1. The van der Waals surface area contributed by atoms with E-state index in [-0.39, 0.29) is 30.0 Å². The fraction of sp³-hybridized carbons (Fsp3) is 0.190. The Hall–Kier alpha value is -2.91. The van der Waals surface area contributed by atoms with Crippen molar-refractivity contribution in [3.8, 4) is 5.75 Å². The average Bonchev–Trinajstić information content (AvgIpc) is 3.15. The summed E-state index contributed by atoms with van der Waals surface area (Å²) < 4.78 is 18.3. The molecule has 0 aliphatic heterocycles. The number of rotatable bonds is 9. The van der Waals surface area contributed by atoms with E-state index in [0.29, 0.717) is 22.3 Å². The van der Waals surface area contributed by atoms with E-state index in [1.54, 1.807) is 6.07 Å². The first-order valence-electron chi connectivity index (χ1n) is 9.05. The zero-order valence-corrected chi connectivity index (χ0v) is 17.8. The molecule has 0 fully saturated rings. The number of halogens is 1. The van der Waals surface area contributed by atoms with Gasteiger partial charge in [0.1, 0.15) is 11.6 Å². The van der Waals surface area contributed by atoms with Gasteiger partial charge in [-0.3, -0.25) is 14.9 Å². The third-order valence-electron chi connectivity index (χ3n) is 3.77. The molecular weight excluding hydrogens is 425 g/mol. The van der Waals surface area contributed by atoms with Gasteiger partial charge in [-0.2, -0.15) is 0 Å². The lowest BCUT2D eigenvalue weighted by Crippen LogP contribution is -2.20. The van der Waals surface area contributed by atoms with Gasteiger partial charge in [0.15, 0.2) is 11.7 Å². The molecular formula is C21H20FN3O3S2. The summed E-state index contributed by atoms with van der Waals surface area (Å²) in [5.41, 5.74) is 2.38. The number of ether oxygens (including phenoxy) is 1. The van der Waals surface area contributed by atoms with Crippen molar-refractivity contribution in [2.24, 2.45) is 0 Å². The number of thiazole rings is 1. The van der Waals surface area contributed by atoms with Crippen molar-refractivity contribution in [1.29, 1.82) is 0 Å². The Morgan fingerprint density at radius 2 is 1.93 bits per heavy atom. The maximum absolute atomic E-state index is 12.9. The van der Waals surface area contributed by atoms with Crippen LogP contribution in [-0.2, 0) is 15.3 Å². The van der Waals surface area contributed by atoms with Crippen molar-refractivity contribution < 1.29 is 18.7 Å². The maximum atomic E-state index is 12.9. The Morgan fingerprint density at radius 1 is 1.13 bits per heavy atom. The molecule has 3 rings (SSSR count). The molecule has 0 aliphatic carbocycles. The maximum Gasteiger partial charge on any atom is 0.264 e. The van der Waals surface area contributed by atoms with Crippen LogP contribution in [0.5, 0.6) is 5.75 Å². The highest BCUT2D eigenvalue weighted by molar-refractivity contribution is 7.99. The highest BCUT2D eigenvalue weighted by atomic mass is 32.2. The van der Waals surface area contributed by atoms with E-state index in [1.165, 1.54) is 47.4 Å². The van der Waals surface area contributed by atoms with Gasteiger partial charge in [0.2, 0.25) is 5.91 Å². The monoisotopic (exact) mass is 445 g/mol. The van der Waals surface area contributed by atoms with Crippen molar-refractivity contribution >= 4 is 45.7 Å². The van der Waals surface area contributed by atoms with Gasteiger partial charge >= 0.3 is 0 Å². The number of carbonyl (C=O) groups is 2. The number of benzene rings is 2. The first kappa shape index (κ1) is 21.8. The summed E-state index contributed by atoms with van der Waals surface area (Å²) in [7, 11) is 0. The van der Waals surface area contributed by atoms with Gasteiger partial charge in [-0.15, -0.1) is 23.1 Å². The second kappa shape index (κ2) is 10.7. The van der Waals surface area contributed by atoms with Gasteiger partial charge in [-0.25, -0.2) is 9.37 Å². The summed E-state index contributed by atoms with van der Waals surface area (Å²) in [6, 6.07) is 13.1. The number of nitrogens with zero attached hydrogens (tertiary/aromatic N) is 1. The predicted octanol–water partition coefficient (Wildman–Crippen LogP) is 4.48. The van der Waals surface area contributed by atoms with Crippen molar-refractivity contribution in [2.45, 2.75) is 12.7 Å². The van der Waals surface area contributed by atoms with Gasteiger partial charge in [0, 0.05) is 16.8 Å². The molecule has 156 valence electrons. The molecule has 0 aliphatic rings. The molecule has 0 saturated carbocycles. The number of aromatic nitrogens is 1. The van der Waals surface area contributed by atoms with Crippen LogP contribution in [0, 0.1) is 12.7 Å². The molecule has 0 spiro atoms. The van der Waals surface area contributed by atoms with Crippen LogP contribution in [-0.4, -0.2) is 29.2 Å². The van der Waals surface area contributed by atoms with E-state index >= 15 is 0 Å². The Bertz CT molecular complexity index is 1010. The average molecular weight is 446 g/mol. The standard InChI is InChI=1S/C21H20FN3O3S2/c1-14-3-2-4-18(9-14)28-10-19(26)25-21-24-17(12-30-21)11-29-13-20(27)23-16-7-5-15(22)6-8-16/h2-9,12H,10-11,13H2,1H3,(H,23,27)(H,24,25,26). The van der Waals surface area contributed by atoms with Crippen LogP contribution in [0.25, 0.3) is 0 Å². The number of anilines is 2. The number of nitrogens with one attached hydrogen (secondary N) is 2. The number of hydrogen-bond donors (Lipinski definition) is 2. The summed E-state index contributed by atoms with van der Waals surface area (Å²) in [6.07, 6.45) is 0. The van der Waals surface area contributed by atoms with E-state index in [4.69, 9.17) is 4.74 Å². The van der Waals surface area contributed by atoms with E-state index < -0.39 is 0 Å². The molecule has 9 heteroatoms. The van der Waals surface area contributed by atoms with Crippen LogP contribution < -0.4 is 15.4 Å². The normalized spacial score (nSPS) is 10.5. The number of aryl methyl sites for hydroxylation is 1. The van der Waals surface area contributed by atoms with E-state index in [9.17, 15) is 14.0 Å². The Kier molecular flexibility index (Phi) is 7.81. The number of thioether (sulfide) groups is 1. The molecule has 2 N–H and O–H groups in total. The summed E-state index contributed by atoms with van der Waals surface area (Å²) >= 11 is 2.72. The zero-order chi connectivity index (χ0) is 21.3. The molecule has 3 aromatic rings. The molecule has 0 saturated heterocycles. The summed E-state index contributed by atoms with van der Waals surface area (Å²) in [5, 5.41) is 7.73. The predicted molar refractivity (Wildman–Crippen MR) is 119 cm³/mol. The minimum atomic E-state index is -0.351. The Labute approximate surface area is 181 Å². The van der Waals surface area contributed by atoms with E-state index in [0.717, 1.165) is 11.3 Å². The second-order valence-corrected chi connectivity index (χ2v) is 8.19. The quantitative estimate of drug-likeness (QED) is 0.508. The minimum absolute atomic E-state index is 0.101. The highest BCUT2D eigenvalue weighted by Gasteiger charge is 2.09. The van der Waals surface area contributed by atoms with Crippen LogP contribution in [0.15, 0.2) is 53.9 Å².